The van der Waals surface area contributed by atoms with Crippen molar-refractivity contribution in [1.82, 2.24) is 19.7 Å². The third kappa shape index (κ3) is 2.90. The summed E-state index contributed by atoms with van der Waals surface area (Å²) in [7, 11) is 1.87. The summed E-state index contributed by atoms with van der Waals surface area (Å²) < 4.78 is 7.18. The van der Waals surface area contributed by atoms with Gasteiger partial charge in [0.1, 0.15) is 0 Å². The maximum absolute atomic E-state index is 9.20. The Hall–Kier alpha value is -2.12. The van der Waals surface area contributed by atoms with Crippen LogP contribution in [0, 0.1) is 0 Å². The quantitative estimate of drug-likeness (QED) is 0.729. The van der Waals surface area contributed by atoms with Gasteiger partial charge in [-0.25, -0.2) is 4.98 Å². The Morgan fingerprint density at radius 1 is 1.32 bits per heavy atom. The van der Waals surface area contributed by atoms with Crippen molar-refractivity contribution in [2.75, 3.05) is 0 Å². The average Bonchev–Trinajstić information content (AvgIpc) is 3.16. The summed E-state index contributed by atoms with van der Waals surface area (Å²) in [5.74, 6) is 1.14. The second-order valence-corrected chi connectivity index (χ2v) is 6.14. The van der Waals surface area contributed by atoms with E-state index in [1.54, 1.807) is 6.20 Å². The molecule has 2 heterocycles. The minimum absolute atomic E-state index is 0.00569. The van der Waals surface area contributed by atoms with E-state index in [1.807, 2.05) is 48.9 Å². The molecule has 0 bridgehead atoms. The Morgan fingerprint density at radius 3 is 2.77 bits per heavy atom. The van der Waals surface area contributed by atoms with Gasteiger partial charge in [-0.2, -0.15) is 4.98 Å². The molecule has 0 saturated carbocycles. The molecule has 114 valence electrons. The maximum Gasteiger partial charge on any atom is 0.257 e. The molecule has 0 spiro atoms. The minimum Gasteiger partial charge on any atom is -0.390 e. The standard InChI is InChI=1S/C15H16N4O2S/c1-10(22-15-16-8-12(9-20)19(15)2)13-17-14(21-18-13)11-6-4-3-5-7-11/h3-8,10,20H,9H2,1-2H3/t10-/m1/s1. The van der Waals surface area contributed by atoms with E-state index < -0.39 is 0 Å². The Labute approximate surface area is 132 Å². The number of rotatable bonds is 5. The molecule has 1 aromatic carbocycles. The predicted molar refractivity (Wildman–Crippen MR) is 83.1 cm³/mol. The summed E-state index contributed by atoms with van der Waals surface area (Å²) in [4.78, 5) is 8.74. The van der Waals surface area contributed by atoms with Crippen LogP contribution in [0.25, 0.3) is 11.5 Å². The highest BCUT2D eigenvalue weighted by molar-refractivity contribution is 7.99. The molecule has 0 fully saturated rings. The second-order valence-electron chi connectivity index (χ2n) is 4.83. The van der Waals surface area contributed by atoms with Crippen LogP contribution in [0.3, 0.4) is 0 Å². The van der Waals surface area contributed by atoms with Crippen LogP contribution in [0.5, 0.6) is 0 Å². The summed E-state index contributed by atoms with van der Waals surface area (Å²) in [5, 5.41) is 14.1. The SMILES string of the molecule is C[C@@H](Sc1ncc(CO)n1C)c1noc(-c2ccccc2)n1. The van der Waals surface area contributed by atoms with Crippen molar-refractivity contribution in [3.05, 3.63) is 48.0 Å². The van der Waals surface area contributed by atoms with Gasteiger partial charge in [0.25, 0.3) is 5.89 Å². The third-order valence-electron chi connectivity index (χ3n) is 3.31. The molecule has 0 radical (unpaired) electrons. The molecule has 0 amide bonds. The predicted octanol–water partition coefficient (Wildman–Crippen LogP) is 2.82. The molecule has 3 rings (SSSR count). The molecule has 7 heteroatoms. The molecule has 0 unspecified atom stereocenters. The Balaban J connectivity index is 1.77. The molecule has 0 aliphatic carbocycles. The zero-order chi connectivity index (χ0) is 15.5. The average molecular weight is 316 g/mol. The first-order chi connectivity index (χ1) is 10.7. The summed E-state index contributed by atoms with van der Waals surface area (Å²) >= 11 is 1.52. The van der Waals surface area contributed by atoms with Gasteiger partial charge >= 0.3 is 0 Å². The monoisotopic (exact) mass is 316 g/mol. The van der Waals surface area contributed by atoms with Crippen molar-refractivity contribution in [3.8, 4) is 11.5 Å². The molecule has 0 aliphatic rings. The lowest BCUT2D eigenvalue weighted by Crippen LogP contribution is -1.99. The van der Waals surface area contributed by atoms with Gasteiger partial charge in [-0.05, 0) is 19.1 Å². The number of nitrogens with zero attached hydrogens (tertiary/aromatic N) is 4. The van der Waals surface area contributed by atoms with Crippen molar-refractivity contribution in [1.29, 1.82) is 0 Å². The number of thioether (sulfide) groups is 1. The molecular weight excluding hydrogens is 300 g/mol. The highest BCUT2D eigenvalue weighted by Gasteiger charge is 2.18. The number of hydrogen-bond acceptors (Lipinski definition) is 6. The first kappa shape index (κ1) is 14.8. The van der Waals surface area contributed by atoms with Gasteiger partial charge in [-0.15, -0.1) is 0 Å². The van der Waals surface area contributed by atoms with E-state index in [4.69, 9.17) is 4.52 Å². The second kappa shape index (κ2) is 6.33. The van der Waals surface area contributed by atoms with E-state index in [-0.39, 0.29) is 11.9 Å². The van der Waals surface area contributed by atoms with E-state index >= 15 is 0 Å². The first-order valence-electron chi connectivity index (χ1n) is 6.86. The number of imidazole rings is 1. The lowest BCUT2D eigenvalue weighted by atomic mass is 10.2. The summed E-state index contributed by atoms with van der Waals surface area (Å²) in [6.45, 7) is 1.97. The van der Waals surface area contributed by atoms with Crippen LogP contribution in [-0.2, 0) is 13.7 Å². The van der Waals surface area contributed by atoms with Crippen molar-refractivity contribution in [3.63, 3.8) is 0 Å². The lowest BCUT2D eigenvalue weighted by Gasteiger charge is -2.07. The van der Waals surface area contributed by atoms with Crippen LogP contribution >= 0.6 is 11.8 Å². The molecule has 1 N–H and O–H groups in total. The van der Waals surface area contributed by atoms with Crippen molar-refractivity contribution in [2.24, 2.45) is 7.05 Å². The summed E-state index contributed by atoms with van der Waals surface area (Å²) in [5.41, 5.74) is 1.67. The molecule has 1 atom stereocenters. The normalized spacial score (nSPS) is 12.5. The molecule has 3 aromatic rings. The fourth-order valence-electron chi connectivity index (χ4n) is 1.99. The maximum atomic E-state index is 9.20. The van der Waals surface area contributed by atoms with Crippen LogP contribution in [0.15, 0.2) is 46.2 Å². The van der Waals surface area contributed by atoms with Gasteiger partial charge in [0.05, 0.1) is 23.7 Å². The fourth-order valence-corrected chi connectivity index (χ4v) is 2.90. The van der Waals surface area contributed by atoms with Crippen LogP contribution in [0.2, 0.25) is 0 Å². The smallest absolute Gasteiger partial charge is 0.257 e. The van der Waals surface area contributed by atoms with Gasteiger partial charge in [0, 0.05) is 12.6 Å². The highest BCUT2D eigenvalue weighted by Crippen LogP contribution is 2.33. The fraction of sp³-hybridized carbons (Fsp3) is 0.267. The van der Waals surface area contributed by atoms with Crippen LogP contribution < -0.4 is 0 Å². The van der Waals surface area contributed by atoms with E-state index in [0.29, 0.717) is 11.7 Å². The van der Waals surface area contributed by atoms with E-state index in [2.05, 4.69) is 15.1 Å². The lowest BCUT2D eigenvalue weighted by molar-refractivity contribution is 0.271. The topological polar surface area (TPSA) is 77.0 Å². The molecule has 0 saturated heterocycles. The molecule has 0 aliphatic heterocycles. The Morgan fingerprint density at radius 2 is 2.09 bits per heavy atom. The summed E-state index contributed by atoms with van der Waals surface area (Å²) in [6.07, 6.45) is 1.67. The van der Waals surface area contributed by atoms with Crippen molar-refractivity contribution >= 4 is 11.8 Å². The van der Waals surface area contributed by atoms with Gasteiger partial charge in [-0.1, -0.05) is 35.1 Å². The van der Waals surface area contributed by atoms with Crippen molar-refractivity contribution in [2.45, 2.75) is 23.9 Å². The zero-order valence-corrected chi connectivity index (χ0v) is 13.1. The Bertz CT molecular complexity index is 754. The zero-order valence-electron chi connectivity index (χ0n) is 12.3. The number of aliphatic hydroxyl groups excluding tert-OH is 1. The number of hydrogen-bond donors (Lipinski definition) is 1. The summed E-state index contributed by atoms with van der Waals surface area (Å²) in [6, 6.07) is 9.67. The van der Waals surface area contributed by atoms with Crippen molar-refractivity contribution < 1.29 is 9.63 Å². The largest absolute Gasteiger partial charge is 0.390 e. The molecule has 22 heavy (non-hydrogen) atoms. The van der Waals surface area contributed by atoms with Gasteiger partial charge in [-0.3, -0.25) is 0 Å². The minimum atomic E-state index is -0.0290. The molecular formula is C15H16N4O2S. The molecule has 2 aromatic heterocycles. The third-order valence-corrected chi connectivity index (χ3v) is 4.47. The molecule has 6 nitrogen and oxygen atoms in total. The van der Waals surface area contributed by atoms with Crippen LogP contribution in [0.1, 0.15) is 23.7 Å². The van der Waals surface area contributed by atoms with Crippen LogP contribution in [0.4, 0.5) is 0 Å². The van der Waals surface area contributed by atoms with Crippen LogP contribution in [-0.4, -0.2) is 24.8 Å². The number of aromatic nitrogens is 4. The first-order valence-corrected chi connectivity index (χ1v) is 7.74. The van der Waals surface area contributed by atoms with Gasteiger partial charge in [0.15, 0.2) is 11.0 Å². The van der Waals surface area contributed by atoms with Gasteiger partial charge in [0.2, 0.25) is 0 Å². The van der Waals surface area contributed by atoms with E-state index in [1.165, 1.54) is 11.8 Å². The number of aliphatic hydroxyl groups is 1. The highest BCUT2D eigenvalue weighted by atomic mass is 32.2. The van der Waals surface area contributed by atoms with E-state index in [9.17, 15) is 5.11 Å². The van der Waals surface area contributed by atoms with Gasteiger partial charge < -0.3 is 14.2 Å². The van der Waals surface area contributed by atoms with E-state index in [0.717, 1.165) is 16.4 Å². The Kier molecular flexibility index (Phi) is 4.26. The number of benzene rings is 1.